The largest absolute Gasteiger partial charge is 0.481 e. The first-order valence-electron chi connectivity index (χ1n) is 19.9. The minimum absolute atomic E-state index is 0.213. The van der Waals surface area contributed by atoms with Crippen molar-refractivity contribution in [2.45, 2.75) is 168 Å². The van der Waals surface area contributed by atoms with Gasteiger partial charge in [-0.3, -0.25) is 4.79 Å². The van der Waals surface area contributed by atoms with Crippen LogP contribution in [0.1, 0.15) is 168 Å². The average molecular weight is 691 g/mol. The van der Waals surface area contributed by atoms with Crippen LogP contribution >= 0.6 is 0 Å². The molecule has 0 aliphatic rings. The lowest BCUT2D eigenvalue weighted by Crippen LogP contribution is -1.91. The van der Waals surface area contributed by atoms with Crippen molar-refractivity contribution in [3.05, 3.63) is 109 Å². The highest BCUT2D eigenvalue weighted by molar-refractivity contribution is 5.80. The van der Waals surface area contributed by atoms with Crippen LogP contribution in [0.15, 0.2) is 109 Å². The molecule has 0 spiro atoms. The third-order valence-electron chi connectivity index (χ3n) is 7.83. The Morgan fingerprint density at radius 1 is 0.380 bits per heavy atom. The van der Waals surface area contributed by atoms with E-state index in [0.717, 1.165) is 38.2 Å². The summed E-state index contributed by atoms with van der Waals surface area (Å²) in [5.74, 6) is -1.66. The average Bonchev–Trinajstić information content (AvgIpc) is 3.10. The number of carboxylic acid groups (broad SMARTS) is 2. The monoisotopic (exact) mass is 691 g/mol. The molecule has 0 aromatic rings. The number of allylic oxidation sites excluding steroid dienone is 17. The van der Waals surface area contributed by atoms with Gasteiger partial charge in [0.15, 0.2) is 0 Å². The Morgan fingerprint density at radius 3 is 1.18 bits per heavy atom. The quantitative estimate of drug-likeness (QED) is 0.0311. The van der Waals surface area contributed by atoms with Gasteiger partial charge in [-0.1, -0.05) is 207 Å². The van der Waals surface area contributed by atoms with Crippen molar-refractivity contribution in [1.29, 1.82) is 0 Å². The Bertz CT molecular complexity index is 1000. The molecule has 4 heteroatoms. The van der Waals surface area contributed by atoms with Gasteiger partial charge in [0.2, 0.25) is 0 Å². The standard InChI is InChI=1S/C24H40O2.C22H34O2/c1-2-3-4-5-6-7-8-9-10-11-12-13-14-15-16-17-18-19-20-21-22-23-24(25)26;1-2-3-4-5-6-7-8-9-10-11-12-13-14-15-16-17-18-19-20-21-22(23)24/h16-23H,2-15H2,1H3,(H,25,26);6-7,9-10,12-13,15-16,18-19H,2-5,8,11,14,17,20-21H2,1H3,(H,23,24)/b;7-6-,10-9-,13-12-,16-15-,19-18-. The summed E-state index contributed by atoms with van der Waals surface area (Å²) >= 11 is 0. The van der Waals surface area contributed by atoms with E-state index in [1.54, 1.807) is 6.08 Å². The number of aliphatic carboxylic acids is 2. The first-order valence-corrected chi connectivity index (χ1v) is 19.9. The smallest absolute Gasteiger partial charge is 0.328 e. The van der Waals surface area contributed by atoms with Crippen molar-refractivity contribution >= 4 is 11.9 Å². The van der Waals surface area contributed by atoms with Gasteiger partial charge in [0.05, 0.1) is 0 Å². The summed E-state index contributed by atoms with van der Waals surface area (Å²) < 4.78 is 0. The Labute approximate surface area is 308 Å². The van der Waals surface area contributed by atoms with E-state index < -0.39 is 11.9 Å². The zero-order valence-corrected chi connectivity index (χ0v) is 32.1. The highest BCUT2D eigenvalue weighted by Crippen LogP contribution is 2.13. The van der Waals surface area contributed by atoms with Crippen LogP contribution in [-0.2, 0) is 9.59 Å². The topological polar surface area (TPSA) is 74.6 Å². The first kappa shape index (κ1) is 48.7. The number of carboxylic acids is 2. The molecule has 0 radical (unpaired) electrons. The maximum atomic E-state index is 10.3. The summed E-state index contributed by atoms with van der Waals surface area (Å²) in [7, 11) is 0. The van der Waals surface area contributed by atoms with Gasteiger partial charge < -0.3 is 10.2 Å². The van der Waals surface area contributed by atoms with Crippen LogP contribution < -0.4 is 0 Å². The number of unbranched alkanes of at least 4 members (excludes halogenated alkanes) is 16. The van der Waals surface area contributed by atoms with Gasteiger partial charge in [0.1, 0.15) is 0 Å². The molecule has 0 aromatic carbocycles. The van der Waals surface area contributed by atoms with Crippen LogP contribution in [0.4, 0.5) is 0 Å². The molecule has 0 aliphatic carbocycles. The van der Waals surface area contributed by atoms with Crippen molar-refractivity contribution in [2.75, 3.05) is 0 Å². The van der Waals surface area contributed by atoms with Crippen LogP contribution in [0.3, 0.4) is 0 Å². The van der Waals surface area contributed by atoms with E-state index in [0.29, 0.717) is 6.42 Å². The van der Waals surface area contributed by atoms with Gasteiger partial charge in [0, 0.05) is 12.5 Å². The molecule has 0 saturated carbocycles. The second-order valence-electron chi connectivity index (χ2n) is 12.7. The molecule has 0 aromatic heterocycles. The highest BCUT2D eigenvalue weighted by Gasteiger charge is 1.93. The van der Waals surface area contributed by atoms with E-state index in [4.69, 9.17) is 10.2 Å². The molecule has 0 aliphatic heterocycles. The fourth-order valence-electron chi connectivity index (χ4n) is 4.89. The molecule has 0 saturated heterocycles. The van der Waals surface area contributed by atoms with Crippen LogP contribution in [-0.4, -0.2) is 22.2 Å². The Hall–Kier alpha value is -3.40. The molecule has 0 heterocycles. The maximum absolute atomic E-state index is 10.3. The summed E-state index contributed by atoms with van der Waals surface area (Å²) in [6, 6.07) is 0. The second-order valence-corrected chi connectivity index (χ2v) is 12.7. The highest BCUT2D eigenvalue weighted by atomic mass is 16.4. The molecular weight excluding hydrogens is 617 g/mol. The Kier molecular flexibility index (Phi) is 44.4. The van der Waals surface area contributed by atoms with Gasteiger partial charge in [-0.2, -0.15) is 0 Å². The van der Waals surface area contributed by atoms with Gasteiger partial charge in [-0.05, 0) is 57.8 Å². The van der Waals surface area contributed by atoms with Gasteiger partial charge >= 0.3 is 11.9 Å². The molecule has 282 valence electrons. The normalized spacial score (nSPS) is 12.5. The summed E-state index contributed by atoms with van der Waals surface area (Å²) in [5, 5.41) is 16.9. The van der Waals surface area contributed by atoms with E-state index >= 15 is 0 Å². The molecule has 0 rings (SSSR count). The fraction of sp³-hybridized carbons (Fsp3) is 0.565. The zero-order chi connectivity index (χ0) is 36.9. The lowest BCUT2D eigenvalue weighted by Gasteiger charge is -2.02. The molecule has 2 N–H and O–H groups in total. The minimum atomic E-state index is -0.920. The molecule has 0 unspecified atom stereocenters. The number of rotatable bonds is 33. The van der Waals surface area contributed by atoms with Crippen molar-refractivity contribution in [1.82, 2.24) is 0 Å². The van der Waals surface area contributed by atoms with E-state index in [1.807, 2.05) is 30.4 Å². The SMILES string of the molecule is CCCCC/C=C\C/C=C\C/C=C\C/C=C\C/C=C\CCC(=O)O.CCCCCCCCCCCCCCCC=CC=CC=CC=CC(=O)O. The minimum Gasteiger partial charge on any atom is -0.481 e. The van der Waals surface area contributed by atoms with Crippen LogP contribution in [0.25, 0.3) is 0 Å². The molecule has 4 nitrogen and oxygen atoms in total. The number of hydrogen-bond acceptors (Lipinski definition) is 2. The van der Waals surface area contributed by atoms with E-state index in [1.165, 1.54) is 115 Å². The zero-order valence-electron chi connectivity index (χ0n) is 32.1. The summed E-state index contributed by atoms with van der Waals surface area (Å²) in [4.78, 5) is 20.6. The molecule has 50 heavy (non-hydrogen) atoms. The fourth-order valence-corrected chi connectivity index (χ4v) is 4.89. The van der Waals surface area contributed by atoms with E-state index in [9.17, 15) is 9.59 Å². The maximum Gasteiger partial charge on any atom is 0.328 e. The van der Waals surface area contributed by atoms with Crippen LogP contribution in [0.2, 0.25) is 0 Å². The number of hydrogen-bond donors (Lipinski definition) is 2. The molecule has 0 bridgehead atoms. The van der Waals surface area contributed by atoms with Gasteiger partial charge in [-0.25, -0.2) is 4.79 Å². The lowest BCUT2D eigenvalue weighted by atomic mass is 10.0. The number of carbonyl (C=O) groups is 2. The van der Waals surface area contributed by atoms with Crippen molar-refractivity contribution in [3.8, 4) is 0 Å². The Morgan fingerprint density at radius 2 is 0.720 bits per heavy atom. The molecule has 0 atom stereocenters. The van der Waals surface area contributed by atoms with Crippen molar-refractivity contribution in [3.63, 3.8) is 0 Å². The predicted octanol–water partition coefficient (Wildman–Crippen LogP) is 14.5. The summed E-state index contributed by atoms with van der Waals surface area (Å²) in [6.07, 6.45) is 65.0. The Balaban J connectivity index is 0. The lowest BCUT2D eigenvalue weighted by molar-refractivity contribution is -0.137. The summed E-state index contributed by atoms with van der Waals surface area (Å²) in [5.41, 5.74) is 0. The van der Waals surface area contributed by atoms with Crippen LogP contribution in [0.5, 0.6) is 0 Å². The van der Waals surface area contributed by atoms with E-state index in [-0.39, 0.29) is 6.42 Å². The van der Waals surface area contributed by atoms with Gasteiger partial charge in [0.25, 0.3) is 0 Å². The predicted molar refractivity (Wildman–Crippen MR) is 220 cm³/mol. The van der Waals surface area contributed by atoms with Crippen molar-refractivity contribution in [2.24, 2.45) is 0 Å². The third kappa shape index (κ3) is 51.4. The molecule has 0 amide bonds. The first-order chi connectivity index (χ1) is 24.5. The molecule has 0 fully saturated rings. The summed E-state index contributed by atoms with van der Waals surface area (Å²) in [6.45, 7) is 4.51. The molecular formula is C46H74O4. The van der Waals surface area contributed by atoms with Gasteiger partial charge in [-0.15, -0.1) is 0 Å². The third-order valence-corrected chi connectivity index (χ3v) is 7.83. The van der Waals surface area contributed by atoms with Crippen LogP contribution in [0, 0.1) is 0 Å². The second kappa shape index (κ2) is 45.6. The van der Waals surface area contributed by atoms with Crippen molar-refractivity contribution < 1.29 is 19.8 Å². The van der Waals surface area contributed by atoms with E-state index in [2.05, 4.69) is 74.6 Å².